The quantitative estimate of drug-likeness (QED) is 0.809. The first kappa shape index (κ1) is 15.5. The Hall–Kier alpha value is -1.60. The van der Waals surface area contributed by atoms with Gasteiger partial charge >= 0.3 is 6.36 Å². The maximum Gasteiger partial charge on any atom is 0.573 e. The Balaban J connectivity index is 2.90. The van der Waals surface area contributed by atoms with Crippen molar-refractivity contribution in [1.82, 2.24) is 0 Å². The zero-order valence-electron chi connectivity index (χ0n) is 10.2. The molecular weight excluding hydrogens is 263 g/mol. The van der Waals surface area contributed by atoms with E-state index in [0.717, 1.165) is 6.07 Å². The topological polar surface area (TPSA) is 61.5 Å². The zero-order valence-corrected chi connectivity index (χ0v) is 10.2. The summed E-state index contributed by atoms with van der Waals surface area (Å²) >= 11 is 0. The fraction of sp³-hybridized carbons (Fsp3) is 0.417. The number of ether oxygens (including phenoxy) is 2. The summed E-state index contributed by atoms with van der Waals surface area (Å²) < 4.78 is 45.2. The lowest BCUT2D eigenvalue weighted by atomic mass is 10.0. The molecule has 0 fully saturated rings. The molecule has 2 N–H and O–H groups in total. The van der Waals surface area contributed by atoms with Crippen LogP contribution in [0.3, 0.4) is 0 Å². The van der Waals surface area contributed by atoms with Gasteiger partial charge in [0.25, 0.3) is 0 Å². The van der Waals surface area contributed by atoms with Crippen molar-refractivity contribution >= 4 is 5.78 Å². The second-order valence-corrected chi connectivity index (χ2v) is 3.80. The fourth-order valence-electron chi connectivity index (χ4n) is 1.46. The largest absolute Gasteiger partial charge is 0.573 e. The lowest BCUT2D eigenvalue weighted by molar-refractivity contribution is -0.274. The summed E-state index contributed by atoms with van der Waals surface area (Å²) in [5.74, 6) is -1.16. The monoisotopic (exact) mass is 277 g/mol. The van der Waals surface area contributed by atoms with E-state index in [4.69, 9.17) is 10.5 Å². The molecule has 1 unspecified atom stereocenters. The van der Waals surface area contributed by atoms with Gasteiger partial charge in [-0.1, -0.05) is 12.1 Å². The van der Waals surface area contributed by atoms with Crippen LogP contribution in [0.2, 0.25) is 0 Å². The highest BCUT2D eigenvalue weighted by Gasteiger charge is 2.33. The summed E-state index contributed by atoms with van der Waals surface area (Å²) in [5, 5.41) is 0. The van der Waals surface area contributed by atoms with Crippen LogP contribution in [0.1, 0.15) is 16.8 Å². The van der Waals surface area contributed by atoms with Crippen molar-refractivity contribution in [2.45, 2.75) is 18.8 Å². The fourth-order valence-corrected chi connectivity index (χ4v) is 1.46. The number of hydrogen-bond acceptors (Lipinski definition) is 4. The van der Waals surface area contributed by atoms with Gasteiger partial charge in [-0.15, -0.1) is 13.2 Å². The highest BCUT2D eigenvalue weighted by molar-refractivity contribution is 6.02. The summed E-state index contributed by atoms with van der Waals surface area (Å²) in [6.45, 7) is 0.245. The van der Waals surface area contributed by atoms with Gasteiger partial charge in [-0.25, -0.2) is 0 Å². The summed E-state index contributed by atoms with van der Waals surface area (Å²) in [6, 6.07) is 4.18. The van der Waals surface area contributed by atoms with E-state index in [2.05, 4.69) is 4.74 Å². The number of carbonyl (C=O) groups is 1. The third-order valence-electron chi connectivity index (χ3n) is 2.35. The molecule has 0 aliphatic carbocycles. The zero-order chi connectivity index (χ0) is 14.5. The number of carbonyl (C=O) groups excluding carboxylic acids is 1. The van der Waals surface area contributed by atoms with Crippen molar-refractivity contribution in [2.75, 3.05) is 13.7 Å². The van der Waals surface area contributed by atoms with Gasteiger partial charge in [0.15, 0.2) is 5.78 Å². The molecule has 106 valence electrons. The summed E-state index contributed by atoms with van der Waals surface area (Å²) in [7, 11) is 1.44. The summed E-state index contributed by atoms with van der Waals surface area (Å²) in [4.78, 5) is 11.9. The van der Waals surface area contributed by atoms with E-state index in [1.54, 1.807) is 0 Å². The first-order valence-electron chi connectivity index (χ1n) is 5.48. The van der Waals surface area contributed by atoms with Crippen LogP contribution < -0.4 is 10.5 Å². The molecule has 1 rings (SSSR count). The lowest BCUT2D eigenvalue weighted by Gasteiger charge is -2.15. The van der Waals surface area contributed by atoms with Gasteiger partial charge in [0, 0.05) is 13.7 Å². The molecule has 0 amide bonds. The number of Topliss-reactive ketones (excluding diaryl/α,β-unsaturated/α-hetero) is 1. The van der Waals surface area contributed by atoms with Gasteiger partial charge in [-0.3, -0.25) is 4.79 Å². The van der Waals surface area contributed by atoms with Gasteiger partial charge < -0.3 is 15.2 Å². The molecule has 1 aromatic rings. The first-order valence-corrected chi connectivity index (χ1v) is 5.48. The van der Waals surface area contributed by atoms with Crippen LogP contribution in [0, 0.1) is 0 Å². The van der Waals surface area contributed by atoms with E-state index in [0.29, 0.717) is 0 Å². The van der Waals surface area contributed by atoms with Crippen molar-refractivity contribution < 1.29 is 27.4 Å². The molecule has 19 heavy (non-hydrogen) atoms. The molecule has 0 radical (unpaired) electrons. The molecule has 0 aromatic heterocycles. The number of methoxy groups -OCH3 is 1. The van der Waals surface area contributed by atoms with Gasteiger partial charge in [0.2, 0.25) is 0 Å². The van der Waals surface area contributed by atoms with Crippen molar-refractivity contribution in [1.29, 1.82) is 0 Å². The maximum atomic E-state index is 12.2. The molecule has 0 heterocycles. The van der Waals surface area contributed by atoms with Crippen molar-refractivity contribution in [2.24, 2.45) is 5.73 Å². The van der Waals surface area contributed by atoms with Crippen molar-refractivity contribution in [3.05, 3.63) is 29.8 Å². The van der Waals surface area contributed by atoms with Crippen LogP contribution in [-0.4, -0.2) is 31.9 Å². The Bertz CT molecular complexity index is 434. The van der Waals surface area contributed by atoms with Gasteiger partial charge in [0.1, 0.15) is 5.75 Å². The molecular formula is C12H14F3NO3. The highest BCUT2D eigenvalue weighted by atomic mass is 19.4. The Morgan fingerprint density at radius 2 is 2.00 bits per heavy atom. The number of rotatable bonds is 6. The van der Waals surface area contributed by atoms with Crippen molar-refractivity contribution in [3.63, 3.8) is 0 Å². The number of ketones is 1. The SMILES string of the molecule is COCCC(N)C(=O)c1ccccc1OC(F)(F)F. The van der Waals surface area contributed by atoms with E-state index in [1.165, 1.54) is 25.3 Å². The van der Waals surface area contributed by atoms with Crippen LogP contribution in [0.15, 0.2) is 24.3 Å². The predicted octanol–water partition coefficient (Wildman–Crippen LogP) is 2.13. The number of para-hydroxylation sites is 1. The Kier molecular flexibility index (Phi) is 5.31. The average Bonchev–Trinajstić information content (AvgIpc) is 2.34. The minimum atomic E-state index is -4.85. The summed E-state index contributed by atoms with van der Waals surface area (Å²) in [5.41, 5.74) is 5.41. The second-order valence-electron chi connectivity index (χ2n) is 3.80. The third-order valence-corrected chi connectivity index (χ3v) is 2.35. The highest BCUT2D eigenvalue weighted by Crippen LogP contribution is 2.27. The molecule has 0 bridgehead atoms. The molecule has 4 nitrogen and oxygen atoms in total. The number of halogens is 3. The van der Waals surface area contributed by atoms with E-state index in [9.17, 15) is 18.0 Å². The van der Waals surface area contributed by atoms with E-state index < -0.39 is 23.9 Å². The molecule has 1 atom stereocenters. The third kappa shape index (κ3) is 4.88. The van der Waals surface area contributed by atoms with Crippen molar-refractivity contribution in [3.8, 4) is 5.75 Å². The van der Waals surface area contributed by atoms with Crippen LogP contribution in [-0.2, 0) is 4.74 Å². The van der Waals surface area contributed by atoms with Crippen LogP contribution in [0.4, 0.5) is 13.2 Å². The number of nitrogens with two attached hydrogens (primary N) is 1. The Labute approximate surface area is 108 Å². The molecule has 0 aliphatic rings. The smallest absolute Gasteiger partial charge is 0.405 e. The minimum absolute atomic E-state index is 0.191. The van der Waals surface area contributed by atoms with Gasteiger partial charge in [0.05, 0.1) is 11.6 Å². The van der Waals surface area contributed by atoms with Crippen LogP contribution in [0.25, 0.3) is 0 Å². The normalized spacial score (nSPS) is 13.1. The van der Waals surface area contributed by atoms with Gasteiger partial charge in [-0.2, -0.15) is 0 Å². The Morgan fingerprint density at radius 3 is 2.58 bits per heavy atom. The molecule has 0 spiro atoms. The van der Waals surface area contributed by atoms with Crippen LogP contribution in [0.5, 0.6) is 5.75 Å². The summed E-state index contributed by atoms with van der Waals surface area (Å²) in [6.07, 6.45) is -4.64. The van der Waals surface area contributed by atoms with E-state index in [-0.39, 0.29) is 18.6 Å². The average molecular weight is 277 g/mol. The molecule has 0 saturated carbocycles. The molecule has 0 aliphatic heterocycles. The number of benzene rings is 1. The van der Waals surface area contributed by atoms with E-state index in [1.807, 2.05) is 0 Å². The van der Waals surface area contributed by atoms with E-state index >= 15 is 0 Å². The van der Waals surface area contributed by atoms with Gasteiger partial charge in [-0.05, 0) is 18.6 Å². The number of hydrogen-bond donors (Lipinski definition) is 1. The first-order chi connectivity index (χ1) is 8.85. The minimum Gasteiger partial charge on any atom is -0.405 e. The molecule has 1 aromatic carbocycles. The second kappa shape index (κ2) is 6.53. The molecule has 0 saturated heterocycles. The lowest BCUT2D eigenvalue weighted by Crippen LogP contribution is -2.32. The number of alkyl halides is 3. The Morgan fingerprint density at radius 1 is 1.37 bits per heavy atom. The molecule has 7 heteroatoms. The van der Waals surface area contributed by atoms with Crippen LogP contribution >= 0.6 is 0 Å². The maximum absolute atomic E-state index is 12.2. The standard InChI is InChI=1S/C12H14F3NO3/c1-18-7-6-9(16)11(17)8-4-2-3-5-10(8)19-12(13,14)15/h2-5,9H,6-7,16H2,1H3. The predicted molar refractivity (Wildman–Crippen MR) is 61.9 cm³/mol.